The predicted molar refractivity (Wildman–Crippen MR) is 130 cm³/mol. The van der Waals surface area contributed by atoms with Crippen molar-refractivity contribution in [3.8, 4) is 0 Å². The summed E-state index contributed by atoms with van der Waals surface area (Å²) in [5.41, 5.74) is 3.11. The van der Waals surface area contributed by atoms with Crippen LogP contribution in [0.5, 0.6) is 0 Å². The molecule has 1 aromatic carbocycles. The van der Waals surface area contributed by atoms with E-state index in [4.69, 9.17) is 4.42 Å². The number of rotatable bonds is 6. The Labute approximate surface area is 195 Å². The van der Waals surface area contributed by atoms with Gasteiger partial charge >= 0.3 is 0 Å². The van der Waals surface area contributed by atoms with E-state index in [-0.39, 0.29) is 11.8 Å². The molecule has 3 aromatic rings. The van der Waals surface area contributed by atoms with Crippen molar-refractivity contribution in [2.45, 2.75) is 39.2 Å². The van der Waals surface area contributed by atoms with Crippen molar-refractivity contribution in [2.75, 3.05) is 5.01 Å². The van der Waals surface area contributed by atoms with E-state index in [1.54, 1.807) is 29.9 Å². The van der Waals surface area contributed by atoms with Crippen LogP contribution in [0.2, 0.25) is 0 Å². The van der Waals surface area contributed by atoms with Gasteiger partial charge in [-0.15, -0.1) is 11.3 Å². The smallest absolute Gasteiger partial charge is 0.261 e. The van der Waals surface area contributed by atoms with E-state index in [1.165, 1.54) is 9.89 Å². The lowest BCUT2D eigenvalue weighted by Crippen LogP contribution is -2.27. The summed E-state index contributed by atoms with van der Waals surface area (Å²) < 4.78 is 5.33. The third-order valence-electron chi connectivity index (χ3n) is 5.91. The molecule has 0 spiro atoms. The van der Waals surface area contributed by atoms with Crippen molar-refractivity contribution in [3.63, 3.8) is 0 Å². The highest BCUT2D eigenvalue weighted by Gasteiger charge is 2.33. The van der Waals surface area contributed by atoms with Gasteiger partial charge in [0.05, 0.1) is 29.8 Å². The number of aliphatic imine (C=N–C) groups is 1. The number of aryl methyl sites for hydroxylation is 1. The molecule has 33 heavy (non-hydrogen) atoms. The van der Waals surface area contributed by atoms with Gasteiger partial charge in [0.25, 0.3) is 11.8 Å². The Morgan fingerprint density at radius 1 is 1.24 bits per heavy atom. The third kappa shape index (κ3) is 4.26. The van der Waals surface area contributed by atoms with Gasteiger partial charge in [0.2, 0.25) is 0 Å². The third-order valence-corrected chi connectivity index (χ3v) is 7.11. The monoisotopic (exact) mass is 460 g/mol. The Hall–Kier alpha value is -3.52. The fourth-order valence-corrected chi connectivity index (χ4v) is 5.43. The Bertz CT molecular complexity index is 1230. The average molecular weight is 461 g/mol. The molecular formula is C25H24N4O3S. The summed E-state index contributed by atoms with van der Waals surface area (Å²) in [6, 6.07) is 13.0. The van der Waals surface area contributed by atoms with Gasteiger partial charge in [-0.05, 0) is 62.4 Å². The number of anilines is 1. The van der Waals surface area contributed by atoms with Gasteiger partial charge in [-0.1, -0.05) is 18.2 Å². The Kier molecular flexibility index (Phi) is 5.92. The van der Waals surface area contributed by atoms with Gasteiger partial charge < -0.3 is 9.73 Å². The van der Waals surface area contributed by atoms with E-state index >= 15 is 0 Å². The van der Waals surface area contributed by atoms with E-state index in [0.717, 1.165) is 36.9 Å². The Morgan fingerprint density at radius 2 is 2.06 bits per heavy atom. The van der Waals surface area contributed by atoms with Crippen molar-refractivity contribution < 1.29 is 14.0 Å². The molecule has 2 aromatic heterocycles. The van der Waals surface area contributed by atoms with Gasteiger partial charge in [0.15, 0.2) is 0 Å². The van der Waals surface area contributed by atoms with Crippen LogP contribution in [-0.4, -0.2) is 23.7 Å². The number of hydrazone groups is 1. The van der Waals surface area contributed by atoms with Crippen LogP contribution in [0.25, 0.3) is 0 Å². The minimum absolute atomic E-state index is 0.146. The lowest BCUT2D eigenvalue weighted by atomic mass is 9.95. The highest BCUT2D eigenvalue weighted by Crippen LogP contribution is 2.40. The zero-order chi connectivity index (χ0) is 22.8. The number of nitrogens with one attached hydrogen (secondary N) is 1. The zero-order valence-electron chi connectivity index (χ0n) is 18.3. The molecule has 0 radical (unpaired) electrons. The maximum atomic E-state index is 13.1. The number of hydrogen-bond acceptors (Lipinski definition) is 6. The fraction of sp³-hybridized carbons (Fsp3) is 0.280. The predicted octanol–water partition coefficient (Wildman–Crippen LogP) is 4.89. The second kappa shape index (κ2) is 9.15. The number of carbonyl (C=O) groups is 2. The SMILES string of the molecule is CC1=NN(c2ccccc2)C(=O)[C@H]1C=Nc1sc2c(c1C(=O)NCc1ccco1)CCCC2. The summed E-state index contributed by atoms with van der Waals surface area (Å²) in [4.78, 5) is 32.0. The normalized spacial score (nSPS) is 18.0. The molecule has 168 valence electrons. The van der Waals surface area contributed by atoms with Crippen molar-refractivity contribution >= 4 is 45.8 Å². The second-order valence-electron chi connectivity index (χ2n) is 8.14. The van der Waals surface area contributed by atoms with Crippen LogP contribution in [-0.2, 0) is 24.2 Å². The number of fused-ring (bicyclic) bond motifs is 1. The number of para-hydroxylation sites is 1. The quantitative estimate of drug-likeness (QED) is 0.531. The molecule has 0 bridgehead atoms. The summed E-state index contributed by atoms with van der Waals surface area (Å²) in [5.74, 6) is -0.162. The van der Waals surface area contributed by atoms with Crippen LogP contribution in [0.4, 0.5) is 10.7 Å². The van der Waals surface area contributed by atoms with Gasteiger partial charge in [-0.25, -0.2) is 4.99 Å². The van der Waals surface area contributed by atoms with Crippen molar-refractivity contribution in [3.05, 3.63) is 70.5 Å². The van der Waals surface area contributed by atoms with E-state index in [1.807, 2.05) is 43.3 Å². The highest BCUT2D eigenvalue weighted by molar-refractivity contribution is 7.16. The van der Waals surface area contributed by atoms with Crippen molar-refractivity contribution in [1.82, 2.24) is 5.32 Å². The number of thiophene rings is 1. The molecule has 0 fully saturated rings. The highest BCUT2D eigenvalue weighted by atomic mass is 32.1. The number of hydrogen-bond donors (Lipinski definition) is 1. The van der Waals surface area contributed by atoms with Crippen LogP contribution >= 0.6 is 11.3 Å². The molecule has 5 rings (SSSR count). The van der Waals surface area contributed by atoms with Gasteiger partial charge in [-0.2, -0.15) is 10.1 Å². The van der Waals surface area contributed by atoms with E-state index < -0.39 is 5.92 Å². The van der Waals surface area contributed by atoms with Crippen molar-refractivity contribution in [1.29, 1.82) is 0 Å². The van der Waals surface area contributed by atoms with Crippen LogP contribution in [0, 0.1) is 5.92 Å². The molecule has 1 aliphatic heterocycles. The topological polar surface area (TPSA) is 87.3 Å². The standard InChI is InChI=1S/C25H24N4O3S/c1-16-20(25(31)29(28-16)17-8-3-2-4-9-17)15-27-24-22(19-11-5-6-12-21(19)33-24)23(30)26-14-18-10-7-13-32-18/h2-4,7-10,13,15,20H,5-6,11-12,14H2,1H3,(H,26,30)/t20-/m0/s1. The van der Waals surface area contributed by atoms with Gasteiger partial charge in [0, 0.05) is 11.1 Å². The molecule has 1 atom stereocenters. The molecular weight excluding hydrogens is 436 g/mol. The summed E-state index contributed by atoms with van der Waals surface area (Å²) in [5, 5.41) is 9.46. The molecule has 3 heterocycles. The molecule has 1 aliphatic carbocycles. The summed E-state index contributed by atoms with van der Waals surface area (Å²) in [6.07, 6.45) is 7.22. The Balaban J connectivity index is 1.40. The number of benzene rings is 1. The molecule has 0 saturated carbocycles. The molecule has 2 aliphatic rings. The maximum absolute atomic E-state index is 13.1. The van der Waals surface area contributed by atoms with E-state index in [9.17, 15) is 9.59 Å². The fourth-order valence-electron chi connectivity index (χ4n) is 4.19. The first-order valence-corrected chi connectivity index (χ1v) is 11.9. The first-order valence-electron chi connectivity index (χ1n) is 11.0. The van der Waals surface area contributed by atoms with E-state index in [0.29, 0.717) is 28.6 Å². The van der Waals surface area contributed by atoms with Crippen LogP contribution in [0.1, 0.15) is 46.3 Å². The van der Waals surface area contributed by atoms with Crippen LogP contribution in [0.15, 0.2) is 63.2 Å². The largest absolute Gasteiger partial charge is 0.467 e. The number of amides is 2. The maximum Gasteiger partial charge on any atom is 0.261 e. The second-order valence-corrected chi connectivity index (χ2v) is 9.22. The number of nitrogens with zero attached hydrogens (tertiary/aromatic N) is 3. The molecule has 0 unspecified atom stereocenters. The lowest BCUT2D eigenvalue weighted by molar-refractivity contribution is -0.118. The van der Waals surface area contributed by atoms with Crippen molar-refractivity contribution in [2.24, 2.45) is 16.0 Å². The average Bonchev–Trinajstić information content (AvgIpc) is 3.55. The number of furan rings is 1. The summed E-state index contributed by atoms with van der Waals surface area (Å²) in [6.45, 7) is 2.15. The van der Waals surface area contributed by atoms with Crippen LogP contribution < -0.4 is 10.3 Å². The number of carbonyl (C=O) groups excluding carboxylic acids is 2. The minimum Gasteiger partial charge on any atom is -0.467 e. The zero-order valence-corrected chi connectivity index (χ0v) is 19.1. The molecule has 8 heteroatoms. The van der Waals surface area contributed by atoms with Gasteiger partial charge in [0.1, 0.15) is 16.7 Å². The molecule has 0 saturated heterocycles. The first-order chi connectivity index (χ1) is 16.1. The van der Waals surface area contributed by atoms with Gasteiger partial charge in [-0.3, -0.25) is 9.59 Å². The summed E-state index contributed by atoms with van der Waals surface area (Å²) >= 11 is 1.55. The minimum atomic E-state index is -0.552. The van der Waals surface area contributed by atoms with Crippen LogP contribution in [0.3, 0.4) is 0 Å². The lowest BCUT2D eigenvalue weighted by Gasteiger charge is -2.13. The molecule has 7 nitrogen and oxygen atoms in total. The van der Waals surface area contributed by atoms with E-state index in [2.05, 4.69) is 15.4 Å². The first kappa shape index (κ1) is 21.3. The molecule has 2 amide bonds. The summed E-state index contributed by atoms with van der Waals surface area (Å²) in [7, 11) is 0. The molecule has 1 N–H and O–H groups in total. The Morgan fingerprint density at radius 3 is 2.85 bits per heavy atom.